The first-order valence-electron chi connectivity index (χ1n) is 11.2. The standard InChI is InChI=1S/C26H23F3N2O6/c1-35-23-12-17-10-11-30(25(32)16-6-8-19(9-7-16)31(33)34)22(21(17)14-24(23)36-2)15-37-20-5-3-4-18(13-20)26(27,28)29/h3-9,12-14,22H,10-11,15H2,1-2H3/t22-/m1/s1. The first-order chi connectivity index (χ1) is 17.6. The summed E-state index contributed by atoms with van der Waals surface area (Å²) in [6.07, 6.45) is -4.05. The van der Waals surface area contributed by atoms with Crippen molar-refractivity contribution in [1.29, 1.82) is 0 Å². The van der Waals surface area contributed by atoms with Crippen LogP contribution in [0.4, 0.5) is 18.9 Å². The number of alkyl halides is 3. The van der Waals surface area contributed by atoms with E-state index in [9.17, 15) is 28.1 Å². The van der Waals surface area contributed by atoms with Gasteiger partial charge in [-0.2, -0.15) is 13.2 Å². The number of carbonyl (C=O) groups excluding carboxylic acids is 1. The van der Waals surface area contributed by atoms with Crippen LogP contribution in [0.2, 0.25) is 0 Å². The third-order valence-electron chi connectivity index (χ3n) is 6.16. The molecule has 1 atom stereocenters. The van der Waals surface area contributed by atoms with Crippen molar-refractivity contribution in [3.63, 3.8) is 0 Å². The number of halogens is 3. The number of ether oxygens (including phenoxy) is 3. The van der Waals surface area contributed by atoms with E-state index in [1.807, 2.05) is 0 Å². The molecule has 4 rings (SSSR count). The first kappa shape index (κ1) is 25.8. The lowest BCUT2D eigenvalue weighted by atomic mass is 9.91. The number of carbonyl (C=O) groups is 1. The number of benzene rings is 3. The zero-order valence-corrected chi connectivity index (χ0v) is 19.9. The van der Waals surface area contributed by atoms with Crippen LogP contribution >= 0.6 is 0 Å². The molecule has 194 valence electrons. The van der Waals surface area contributed by atoms with Gasteiger partial charge < -0.3 is 19.1 Å². The van der Waals surface area contributed by atoms with E-state index in [0.717, 1.165) is 17.7 Å². The average molecular weight is 516 g/mol. The van der Waals surface area contributed by atoms with Crippen LogP contribution in [0.3, 0.4) is 0 Å². The molecule has 0 unspecified atom stereocenters. The Morgan fingerprint density at radius 3 is 2.35 bits per heavy atom. The number of nitro groups is 1. The Morgan fingerprint density at radius 2 is 1.73 bits per heavy atom. The summed E-state index contributed by atoms with van der Waals surface area (Å²) >= 11 is 0. The molecule has 1 amide bonds. The van der Waals surface area contributed by atoms with E-state index in [2.05, 4.69) is 0 Å². The zero-order chi connectivity index (χ0) is 26.7. The van der Waals surface area contributed by atoms with Crippen molar-refractivity contribution in [1.82, 2.24) is 4.90 Å². The minimum absolute atomic E-state index is 0.00478. The molecule has 37 heavy (non-hydrogen) atoms. The molecule has 1 heterocycles. The van der Waals surface area contributed by atoms with Gasteiger partial charge in [0.2, 0.25) is 0 Å². The number of hydrogen-bond donors (Lipinski definition) is 0. The van der Waals surface area contributed by atoms with Gasteiger partial charge in [0.25, 0.3) is 11.6 Å². The minimum atomic E-state index is -4.53. The molecule has 0 N–H and O–H groups in total. The predicted octanol–water partition coefficient (Wildman–Crippen LogP) is 5.45. The van der Waals surface area contributed by atoms with Crippen LogP contribution in [0.15, 0.2) is 60.7 Å². The van der Waals surface area contributed by atoms with Crippen LogP contribution in [0.1, 0.15) is 33.1 Å². The third-order valence-corrected chi connectivity index (χ3v) is 6.16. The molecule has 1 aliphatic rings. The monoisotopic (exact) mass is 516 g/mol. The highest BCUT2D eigenvalue weighted by Gasteiger charge is 2.34. The highest BCUT2D eigenvalue weighted by atomic mass is 19.4. The molecular formula is C26H23F3N2O6. The molecule has 0 saturated heterocycles. The molecule has 0 radical (unpaired) electrons. The van der Waals surface area contributed by atoms with Gasteiger partial charge in [-0.1, -0.05) is 6.07 Å². The third kappa shape index (κ3) is 5.45. The molecule has 0 aromatic heterocycles. The Labute approximate surface area is 210 Å². The van der Waals surface area contributed by atoms with Crippen molar-refractivity contribution >= 4 is 11.6 Å². The summed E-state index contributed by atoms with van der Waals surface area (Å²) in [7, 11) is 2.98. The minimum Gasteiger partial charge on any atom is -0.493 e. The van der Waals surface area contributed by atoms with Crippen LogP contribution in [0, 0.1) is 10.1 Å². The van der Waals surface area contributed by atoms with Crippen LogP contribution < -0.4 is 14.2 Å². The highest BCUT2D eigenvalue weighted by Crippen LogP contribution is 2.39. The van der Waals surface area contributed by atoms with Crippen LogP contribution in [0.25, 0.3) is 0 Å². The second kappa shape index (κ2) is 10.4. The number of rotatable bonds is 7. The van der Waals surface area contributed by atoms with E-state index in [1.165, 1.54) is 50.6 Å². The summed E-state index contributed by atoms with van der Waals surface area (Å²) in [6.45, 7) is 0.150. The molecule has 3 aromatic rings. The van der Waals surface area contributed by atoms with Crippen molar-refractivity contribution in [2.45, 2.75) is 18.6 Å². The zero-order valence-electron chi connectivity index (χ0n) is 19.9. The summed E-state index contributed by atoms with van der Waals surface area (Å²) in [5.74, 6) is 0.544. The Balaban J connectivity index is 1.69. The van der Waals surface area contributed by atoms with Gasteiger partial charge in [-0.3, -0.25) is 14.9 Å². The van der Waals surface area contributed by atoms with Gasteiger partial charge >= 0.3 is 6.18 Å². The predicted molar refractivity (Wildman–Crippen MR) is 127 cm³/mol. The lowest BCUT2D eigenvalue weighted by molar-refractivity contribution is -0.384. The fraction of sp³-hybridized carbons (Fsp3) is 0.269. The first-order valence-corrected chi connectivity index (χ1v) is 11.2. The summed E-state index contributed by atoms with van der Waals surface area (Å²) in [4.78, 5) is 25.5. The quantitative estimate of drug-likeness (QED) is 0.306. The topological polar surface area (TPSA) is 91.1 Å². The highest BCUT2D eigenvalue weighted by molar-refractivity contribution is 5.95. The Kier molecular flexibility index (Phi) is 7.23. The average Bonchev–Trinajstić information content (AvgIpc) is 2.90. The normalized spacial score (nSPS) is 15.1. The smallest absolute Gasteiger partial charge is 0.416 e. The van der Waals surface area contributed by atoms with Gasteiger partial charge in [0.15, 0.2) is 11.5 Å². The fourth-order valence-electron chi connectivity index (χ4n) is 4.28. The molecule has 0 aliphatic carbocycles. The van der Waals surface area contributed by atoms with Crippen LogP contribution in [-0.4, -0.2) is 43.1 Å². The van der Waals surface area contributed by atoms with E-state index in [4.69, 9.17) is 14.2 Å². The number of nitrogens with zero attached hydrogens (tertiary/aromatic N) is 2. The Morgan fingerprint density at radius 1 is 1.05 bits per heavy atom. The van der Waals surface area contributed by atoms with Gasteiger partial charge in [-0.25, -0.2) is 0 Å². The van der Waals surface area contributed by atoms with Gasteiger partial charge in [-0.05, 0) is 60.0 Å². The lowest BCUT2D eigenvalue weighted by Crippen LogP contribution is -2.42. The number of amides is 1. The molecule has 0 saturated carbocycles. The van der Waals surface area contributed by atoms with Crippen molar-refractivity contribution in [3.05, 3.63) is 93.0 Å². The summed E-state index contributed by atoms with van der Waals surface area (Å²) < 4.78 is 56.1. The number of methoxy groups -OCH3 is 2. The molecular weight excluding hydrogens is 493 g/mol. The number of hydrogen-bond acceptors (Lipinski definition) is 6. The Bertz CT molecular complexity index is 1310. The van der Waals surface area contributed by atoms with E-state index in [-0.39, 0.29) is 30.2 Å². The van der Waals surface area contributed by atoms with Crippen LogP contribution in [0.5, 0.6) is 17.2 Å². The maximum Gasteiger partial charge on any atom is 0.416 e. The van der Waals surface area contributed by atoms with Crippen LogP contribution in [-0.2, 0) is 12.6 Å². The van der Waals surface area contributed by atoms with E-state index in [1.54, 1.807) is 17.0 Å². The van der Waals surface area contributed by atoms with Gasteiger partial charge in [0, 0.05) is 24.2 Å². The second-order valence-corrected chi connectivity index (χ2v) is 8.31. The van der Waals surface area contributed by atoms with E-state index in [0.29, 0.717) is 23.5 Å². The van der Waals surface area contributed by atoms with Crippen molar-refractivity contribution in [2.24, 2.45) is 0 Å². The molecule has 3 aromatic carbocycles. The van der Waals surface area contributed by atoms with E-state index < -0.39 is 28.6 Å². The molecule has 0 fully saturated rings. The van der Waals surface area contributed by atoms with Crippen molar-refractivity contribution in [3.8, 4) is 17.2 Å². The molecule has 11 heteroatoms. The van der Waals surface area contributed by atoms with Crippen molar-refractivity contribution in [2.75, 3.05) is 27.4 Å². The largest absolute Gasteiger partial charge is 0.493 e. The molecule has 0 spiro atoms. The van der Waals surface area contributed by atoms with Gasteiger partial charge in [-0.15, -0.1) is 0 Å². The van der Waals surface area contributed by atoms with Crippen molar-refractivity contribution < 1.29 is 37.1 Å². The van der Waals surface area contributed by atoms with Gasteiger partial charge in [0.1, 0.15) is 12.4 Å². The summed E-state index contributed by atoms with van der Waals surface area (Å²) in [5, 5.41) is 11.0. The molecule has 8 nitrogen and oxygen atoms in total. The van der Waals surface area contributed by atoms with Gasteiger partial charge in [0.05, 0.1) is 30.7 Å². The summed E-state index contributed by atoms with van der Waals surface area (Å²) in [6, 6.07) is 12.6. The fourth-order valence-corrected chi connectivity index (χ4v) is 4.28. The number of non-ortho nitro benzene ring substituents is 1. The second-order valence-electron chi connectivity index (χ2n) is 8.31. The SMILES string of the molecule is COc1cc2c(cc1OC)[C@@H](COc1cccc(C(F)(F)F)c1)N(C(=O)c1ccc([N+](=O)[O-])cc1)CC2. The number of nitro benzene ring substituents is 1. The molecule has 0 bridgehead atoms. The maximum absolute atomic E-state index is 13.5. The Hall–Kier alpha value is -4.28. The maximum atomic E-state index is 13.5. The molecule has 1 aliphatic heterocycles. The number of fused-ring (bicyclic) bond motifs is 1. The summed E-state index contributed by atoms with van der Waals surface area (Å²) in [5.41, 5.74) is 0.814. The lowest BCUT2D eigenvalue weighted by Gasteiger charge is -2.37. The van der Waals surface area contributed by atoms with E-state index >= 15 is 0 Å².